The highest BCUT2D eigenvalue weighted by atomic mass is 16.2. The van der Waals surface area contributed by atoms with Crippen LogP contribution in [0.5, 0.6) is 0 Å². The third kappa shape index (κ3) is 4.66. The zero-order valence-electron chi connectivity index (χ0n) is 17.9. The number of nitrogens with one attached hydrogen (secondary N) is 2. The van der Waals surface area contributed by atoms with Crippen LogP contribution in [0.25, 0.3) is 5.69 Å². The van der Waals surface area contributed by atoms with Crippen LogP contribution in [-0.2, 0) is 9.59 Å². The van der Waals surface area contributed by atoms with Gasteiger partial charge in [0.25, 0.3) is 0 Å². The molecule has 3 aromatic rings. The summed E-state index contributed by atoms with van der Waals surface area (Å²) in [6.45, 7) is 9.86. The zero-order chi connectivity index (χ0) is 21.8. The molecule has 2 amide bonds. The fraction of sp³-hybridized carbons (Fsp3) is 0.208. The van der Waals surface area contributed by atoms with E-state index in [2.05, 4.69) is 39.5 Å². The molecule has 1 heterocycles. The van der Waals surface area contributed by atoms with Gasteiger partial charge in [-0.05, 0) is 75.6 Å². The number of hydrogen-bond acceptors (Lipinski definition) is 3. The third-order valence-electron chi connectivity index (χ3n) is 4.95. The molecule has 30 heavy (non-hydrogen) atoms. The lowest BCUT2D eigenvalue weighted by Crippen LogP contribution is -2.32. The summed E-state index contributed by atoms with van der Waals surface area (Å²) in [4.78, 5) is 24.3. The topological polar surface area (TPSA) is 75.5 Å². The second-order valence-electron chi connectivity index (χ2n) is 7.47. The van der Waals surface area contributed by atoms with Gasteiger partial charge in [-0.1, -0.05) is 24.3 Å². The van der Waals surface area contributed by atoms with E-state index in [1.165, 1.54) is 5.56 Å². The Balaban J connectivity index is 1.69. The first-order valence-corrected chi connectivity index (χ1v) is 9.74. The van der Waals surface area contributed by atoms with E-state index in [-0.39, 0.29) is 0 Å². The predicted octanol–water partition coefficient (Wildman–Crippen LogP) is 4.11. The standard InChI is InChI=1S/C24H26N4O2/c1-15-7-6-8-21(11-15)28-18(4)13-20(19(28)5)14-25-27-24(30)23(29)26-22-12-16(2)9-10-17(22)3/h6-14H,1-5H3,(H,26,29)(H,27,30)/b25-14-. The van der Waals surface area contributed by atoms with Crippen molar-refractivity contribution >= 4 is 23.7 Å². The van der Waals surface area contributed by atoms with Crippen molar-refractivity contribution in [2.45, 2.75) is 34.6 Å². The molecule has 0 radical (unpaired) electrons. The predicted molar refractivity (Wildman–Crippen MR) is 120 cm³/mol. The fourth-order valence-electron chi connectivity index (χ4n) is 3.34. The molecule has 0 spiro atoms. The highest BCUT2D eigenvalue weighted by molar-refractivity contribution is 6.39. The fourth-order valence-corrected chi connectivity index (χ4v) is 3.34. The summed E-state index contributed by atoms with van der Waals surface area (Å²) in [5, 5.41) is 6.59. The summed E-state index contributed by atoms with van der Waals surface area (Å²) in [6, 6.07) is 15.9. The number of benzene rings is 2. The molecule has 6 nitrogen and oxygen atoms in total. The lowest BCUT2D eigenvalue weighted by atomic mass is 10.1. The maximum Gasteiger partial charge on any atom is 0.329 e. The van der Waals surface area contributed by atoms with E-state index in [9.17, 15) is 9.59 Å². The van der Waals surface area contributed by atoms with Crippen molar-refractivity contribution in [1.82, 2.24) is 9.99 Å². The molecule has 0 aliphatic carbocycles. The maximum atomic E-state index is 12.2. The van der Waals surface area contributed by atoms with Gasteiger partial charge in [0.2, 0.25) is 0 Å². The molecule has 6 heteroatoms. The Hall–Kier alpha value is -3.67. The number of amides is 2. The molecule has 1 aromatic heterocycles. The van der Waals surface area contributed by atoms with Crippen molar-refractivity contribution in [1.29, 1.82) is 0 Å². The minimum Gasteiger partial charge on any atom is -0.318 e. The molecule has 0 unspecified atom stereocenters. The number of rotatable bonds is 4. The van der Waals surface area contributed by atoms with Crippen LogP contribution in [0.1, 0.15) is 33.6 Å². The van der Waals surface area contributed by atoms with Gasteiger partial charge in [-0.2, -0.15) is 5.10 Å². The van der Waals surface area contributed by atoms with Gasteiger partial charge >= 0.3 is 11.8 Å². The molecule has 0 saturated heterocycles. The third-order valence-corrected chi connectivity index (χ3v) is 4.95. The Labute approximate surface area is 176 Å². The van der Waals surface area contributed by atoms with Gasteiger partial charge in [-0.3, -0.25) is 9.59 Å². The number of carbonyl (C=O) groups excluding carboxylic acids is 2. The second kappa shape index (κ2) is 8.78. The maximum absolute atomic E-state index is 12.2. The monoisotopic (exact) mass is 402 g/mol. The average Bonchev–Trinajstić information content (AvgIpc) is 2.98. The smallest absolute Gasteiger partial charge is 0.318 e. The number of aryl methyl sites for hydroxylation is 4. The van der Waals surface area contributed by atoms with Crippen LogP contribution in [0.15, 0.2) is 53.6 Å². The molecule has 0 saturated carbocycles. The summed E-state index contributed by atoms with van der Waals surface area (Å²) in [7, 11) is 0. The number of hydrazone groups is 1. The first-order chi connectivity index (χ1) is 14.3. The zero-order valence-corrected chi connectivity index (χ0v) is 17.9. The summed E-state index contributed by atoms with van der Waals surface area (Å²) in [6.07, 6.45) is 1.55. The Morgan fingerprint density at radius 2 is 1.63 bits per heavy atom. The molecule has 0 bridgehead atoms. The van der Waals surface area contributed by atoms with E-state index in [0.717, 1.165) is 33.8 Å². The number of carbonyl (C=O) groups is 2. The lowest BCUT2D eigenvalue weighted by Gasteiger charge is -2.10. The van der Waals surface area contributed by atoms with Crippen molar-refractivity contribution in [3.8, 4) is 5.69 Å². The van der Waals surface area contributed by atoms with Crippen LogP contribution in [0.3, 0.4) is 0 Å². The molecular weight excluding hydrogens is 376 g/mol. The van der Waals surface area contributed by atoms with E-state index in [1.54, 1.807) is 6.21 Å². The van der Waals surface area contributed by atoms with Crippen LogP contribution in [-0.4, -0.2) is 22.6 Å². The van der Waals surface area contributed by atoms with E-state index < -0.39 is 11.8 Å². The first kappa shape index (κ1) is 21.0. The molecule has 0 aliphatic rings. The largest absolute Gasteiger partial charge is 0.329 e. The van der Waals surface area contributed by atoms with Gasteiger partial charge in [0.05, 0.1) is 6.21 Å². The van der Waals surface area contributed by atoms with Crippen molar-refractivity contribution in [2.24, 2.45) is 5.10 Å². The first-order valence-electron chi connectivity index (χ1n) is 9.74. The van der Waals surface area contributed by atoms with Crippen molar-refractivity contribution in [2.75, 3.05) is 5.32 Å². The molecule has 0 fully saturated rings. The number of nitrogens with zero attached hydrogens (tertiary/aromatic N) is 2. The summed E-state index contributed by atoms with van der Waals surface area (Å²) < 4.78 is 2.13. The minimum absolute atomic E-state index is 0.612. The van der Waals surface area contributed by atoms with E-state index in [4.69, 9.17) is 0 Å². The van der Waals surface area contributed by atoms with Crippen LogP contribution in [0.2, 0.25) is 0 Å². The molecular formula is C24H26N4O2. The van der Waals surface area contributed by atoms with Crippen molar-refractivity contribution in [3.63, 3.8) is 0 Å². The van der Waals surface area contributed by atoms with Gasteiger partial charge in [0, 0.05) is 28.3 Å². The van der Waals surface area contributed by atoms with Gasteiger partial charge in [-0.15, -0.1) is 0 Å². The Bertz CT molecular complexity index is 1140. The van der Waals surface area contributed by atoms with Crippen molar-refractivity contribution in [3.05, 3.63) is 82.2 Å². The van der Waals surface area contributed by atoms with Crippen LogP contribution in [0.4, 0.5) is 5.69 Å². The summed E-state index contributed by atoms with van der Waals surface area (Å²) >= 11 is 0. The molecule has 3 rings (SSSR count). The summed E-state index contributed by atoms with van der Waals surface area (Å²) in [5.74, 6) is -1.58. The van der Waals surface area contributed by atoms with E-state index in [0.29, 0.717) is 5.69 Å². The van der Waals surface area contributed by atoms with E-state index in [1.807, 2.05) is 64.1 Å². The van der Waals surface area contributed by atoms with Gasteiger partial charge in [0.1, 0.15) is 0 Å². The number of hydrogen-bond donors (Lipinski definition) is 2. The van der Waals surface area contributed by atoms with E-state index >= 15 is 0 Å². The normalized spacial score (nSPS) is 11.0. The molecule has 154 valence electrons. The van der Waals surface area contributed by atoms with Gasteiger partial charge in [0.15, 0.2) is 0 Å². The lowest BCUT2D eigenvalue weighted by molar-refractivity contribution is -0.136. The van der Waals surface area contributed by atoms with Gasteiger partial charge < -0.3 is 9.88 Å². The molecule has 2 aromatic carbocycles. The molecule has 0 aliphatic heterocycles. The van der Waals surface area contributed by atoms with Crippen LogP contribution < -0.4 is 10.7 Å². The van der Waals surface area contributed by atoms with Crippen LogP contribution >= 0.6 is 0 Å². The van der Waals surface area contributed by atoms with Crippen molar-refractivity contribution < 1.29 is 9.59 Å². The SMILES string of the molecule is Cc1cccc(-n2c(C)cc(/C=N\NC(=O)C(=O)Nc3cc(C)ccc3C)c2C)c1. The Morgan fingerprint density at radius 3 is 2.37 bits per heavy atom. The van der Waals surface area contributed by atoms with Crippen LogP contribution in [0, 0.1) is 34.6 Å². The van der Waals surface area contributed by atoms with Gasteiger partial charge in [-0.25, -0.2) is 5.43 Å². The average molecular weight is 402 g/mol. The quantitative estimate of drug-likeness (QED) is 0.391. The molecule has 2 N–H and O–H groups in total. The highest BCUT2D eigenvalue weighted by Crippen LogP contribution is 2.20. The highest BCUT2D eigenvalue weighted by Gasteiger charge is 2.14. The number of aromatic nitrogens is 1. The molecule has 0 atom stereocenters. The number of anilines is 1. The second-order valence-corrected chi connectivity index (χ2v) is 7.47. The minimum atomic E-state index is -0.820. The Kier molecular flexibility index (Phi) is 6.16. The summed E-state index contributed by atoms with van der Waals surface area (Å²) in [5.41, 5.74) is 9.96. The Morgan fingerprint density at radius 1 is 0.900 bits per heavy atom.